The van der Waals surface area contributed by atoms with Gasteiger partial charge in [0.25, 0.3) is 0 Å². The smallest absolute Gasteiger partial charge is 0.307 e. The molecule has 20 heavy (non-hydrogen) atoms. The van der Waals surface area contributed by atoms with Gasteiger partial charge in [0.2, 0.25) is 10.0 Å². The van der Waals surface area contributed by atoms with E-state index in [1.807, 2.05) is 0 Å². The molecule has 0 aliphatic heterocycles. The average molecular weight is 342 g/mol. The molecule has 0 bridgehead atoms. The molecule has 1 aromatic rings. The molecule has 0 fully saturated rings. The molecule has 0 spiro atoms. The van der Waals surface area contributed by atoms with Crippen LogP contribution >= 0.6 is 23.2 Å². The molecule has 3 N–H and O–H groups in total. The van der Waals surface area contributed by atoms with Crippen molar-refractivity contribution in [2.24, 2.45) is 5.73 Å². The van der Waals surface area contributed by atoms with Gasteiger partial charge in [0.15, 0.2) is 0 Å². The molecule has 10 heteroatoms. The van der Waals surface area contributed by atoms with Gasteiger partial charge in [-0.1, -0.05) is 30.1 Å². The maximum absolute atomic E-state index is 12.0. The number of nitro benzene ring substituents is 1. The summed E-state index contributed by atoms with van der Waals surface area (Å²) in [5.74, 6) is 0. The molecule has 0 saturated carbocycles. The maximum atomic E-state index is 12.0. The molecule has 0 heterocycles. The average Bonchev–Trinajstić information content (AvgIpc) is 2.35. The Balaban J connectivity index is 3.20. The van der Waals surface area contributed by atoms with Gasteiger partial charge >= 0.3 is 5.69 Å². The van der Waals surface area contributed by atoms with Crippen molar-refractivity contribution in [1.29, 1.82) is 0 Å². The van der Waals surface area contributed by atoms with Gasteiger partial charge in [-0.25, -0.2) is 13.1 Å². The number of nitrogens with two attached hydrogens (primary N) is 1. The third-order valence-electron chi connectivity index (χ3n) is 2.56. The number of nitrogens with zero attached hydrogens (tertiary/aromatic N) is 1. The van der Waals surface area contributed by atoms with Crippen molar-refractivity contribution in [1.82, 2.24) is 4.72 Å². The minimum Gasteiger partial charge on any atom is -0.327 e. The Kier molecular flexibility index (Phi) is 5.72. The van der Waals surface area contributed by atoms with Crippen LogP contribution in [0, 0.1) is 10.1 Å². The lowest BCUT2D eigenvalue weighted by Gasteiger charge is -2.12. The second-order valence-corrected chi connectivity index (χ2v) is 6.51. The van der Waals surface area contributed by atoms with E-state index < -0.39 is 30.6 Å². The molecule has 0 amide bonds. The number of hydrogen-bond donors (Lipinski definition) is 2. The molecule has 112 valence electrons. The zero-order valence-electron chi connectivity index (χ0n) is 10.5. The monoisotopic (exact) mass is 341 g/mol. The number of sulfonamides is 1. The highest BCUT2D eigenvalue weighted by atomic mass is 35.5. The van der Waals surface area contributed by atoms with E-state index in [9.17, 15) is 18.5 Å². The van der Waals surface area contributed by atoms with Crippen LogP contribution in [0.5, 0.6) is 0 Å². The third-order valence-corrected chi connectivity index (χ3v) is 4.83. The summed E-state index contributed by atoms with van der Waals surface area (Å²) in [6.45, 7) is 1.81. The van der Waals surface area contributed by atoms with Gasteiger partial charge in [0.1, 0.15) is 14.9 Å². The van der Waals surface area contributed by atoms with Gasteiger partial charge in [-0.05, 0) is 18.6 Å². The van der Waals surface area contributed by atoms with Gasteiger partial charge in [-0.2, -0.15) is 0 Å². The van der Waals surface area contributed by atoms with Crippen LogP contribution in [0.2, 0.25) is 10.0 Å². The van der Waals surface area contributed by atoms with Gasteiger partial charge in [0, 0.05) is 12.6 Å². The first kappa shape index (κ1) is 17.1. The highest BCUT2D eigenvalue weighted by Gasteiger charge is 2.27. The lowest BCUT2D eigenvalue weighted by Crippen LogP contribution is -2.36. The summed E-state index contributed by atoms with van der Waals surface area (Å²) in [4.78, 5) is 9.60. The number of nitro groups is 1. The fourth-order valence-electron chi connectivity index (χ4n) is 1.34. The second-order valence-electron chi connectivity index (χ2n) is 3.99. The second kappa shape index (κ2) is 6.68. The van der Waals surface area contributed by atoms with Crippen LogP contribution in [0.1, 0.15) is 13.3 Å². The number of hydrogen-bond acceptors (Lipinski definition) is 5. The van der Waals surface area contributed by atoms with Gasteiger partial charge in [-0.15, -0.1) is 0 Å². The molecule has 0 radical (unpaired) electrons. The van der Waals surface area contributed by atoms with Crippen LogP contribution in [0.3, 0.4) is 0 Å². The summed E-state index contributed by atoms with van der Waals surface area (Å²) in [6.07, 6.45) is 0.580. The van der Waals surface area contributed by atoms with Gasteiger partial charge < -0.3 is 5.73 Å². The van der Waals surface area contributed by atoms with Crippen LogP contribution in [-0.2, 0) is 10.0 Å². The molecule has 7 nitrogen and oxygen atoms in total. The van der Waals surface area contributed by atoms with E-state index in [2.05, 4.69) is 4.72 Å². The Morgan fingerprint density at radius 1 is 1.45 bits per heavy atom. The number of benzene rings is 1. The molecule has 1 unspecified atom stereocenters. The molecule has 1 rings (SSSR count). The molecular weight excluding hydrogens is 329 g/mol. The zero-order chi connectivity index (χ0) is 15.5. The SMILES string of the molecule is CCC(N)CNS(=O)(=O)c1ccc(Cl)c([N+](=O)[O-])c1Cl. The molecule has 1 atom stereocenters. The van der Waals surface area contributed by atoms with Crippen molar-refractivity contribution in [2.75, 3.05) is 6.54 Å². The predicted octanol–water partition coefficient (Wildman–Crippen LogP) is 1.92. The van der Waals surface area contributed by atoms with Crippen LogP contribution in [-0.4, -0.2) is 25.9 Å². The minimum absolute atomic E-state index is 0.00554. The largest absolute Gasteiger partial charge is 0.327 e. The quantitative estimate of drug-likeness (QED) is 0.605. The fourth-order valence-corrected chi connectivity index (χ4v) is 3.32. The van der Waals surface area contributed by atoms with Gasteiger partial charge in [0.05, 0.1) is 4.92 Å². The molecular formula is C10H13Cl2N3O4S. The van der Waals surface area contributed by atoms with E-state index in [0.29, 0.717) is 6.42 Å². The van der Waals surface area contributed by atoms with Crippen molar-refractivity contribution in [2.45, 2.75) is 24.3 Å². The van der Waals surface area contributed by atoms with Crippen LogP contribution < -0.4 is 10.5 Å². The van der Waals surface area contributed by atoms with E-state index in [1.165, 1.54) is 0 Å². The van der Waals surface area contributed by atoms with Crippen LogP contribution in [0.4, 0.5) is 5.69 Å². The van der Waals surface area contributed by atoms with Crippen LogP contribution in [0.15, 0.2) is 17.0 Å². The first-order valence-electron chi connectivity index (χ1n) is 5.58. The maximum Gasteiger partial charge on any atom is 0.307 e. The molecule has 0 aliphatic rings. The van der Waals surface area contributed by atoms with E-state index in [4.69, 9.17) is 28.9 Å². The predicted molar refractivity (Wildman–Crippen MR) is 76.6 cm³/mol. The highest BCUT2D eigenvalue weighted by Crippen LogP contribution is 2.36. The summed E-state index contributed by atoms with van der Waals surface area (Å²) in [7, 11) is -3.99. The Labute approximate surface area is 126 Å². The Bertz CT molecular complexity index is 621. The summed E-state index contributed by atoms with van der Waals surface area (Å²) < 4.78 is 26.3. The third kappa shape index (κ3) is 3.80. The highest BCUT2D eigenvalue weighted by molar-refractivity contribution is 7.89. The van der Waals surface area contributed by atoms with Crippen LogP contribution in [0.25, 0.3) is 0 Å². The van der Waals surface area contributed by atoms with E-state index in [1.54, 1.807) is 6.92 Å². The van der Waals surface area contributed by atoms with E-state index >= 15 is 0 Å². The van der Waals surface area contributed by atoms with E-state index in [-0.39, 0.29) is 17.6 Å². The van der Waals surface area contributed by atoms with E-state index in [0.717, 1.165) is 12.1 Å². The van der Waals surface area contributed by atoms with Crippen molar-refractivity contribution in [3.63, 3.8) is 0 Å². The van der Waals surface area contributed by atoms with Crippen molar-refractivity contribution >= 4 is 38.9 Å². The number of rotatable bonds is 6. The Hall–Kier alpha value is -0.930. The standard InChI is InChI=1S/C10H13Cl2N3O4S/c1-2-6(13)5-14-20(18,19)8-4-3-7(11)10(9(8)12)15(16)17/h3-4,6,14H,2,5,13H2,1H3. The topological polar surface area (TPSA) is 115 Å². The van der Waals surface area contributed by atoms with Gasteiger partial charge in [-0.3, -0.25) is 10.1 Å². The molecule has 1 aromatic carbocycles. The lowest BCUT2D eigenvalue weighted by atomic mass is 10.2. The first-order valence-corrected chi connectivity index (χ1v) is 7.82. The molecule has 0 saturated heterocycles. The number of nitrogens with one attached hydrogen (secondary N) is 1. The first-order chi connectivity index (χ1) is 9.20. The summed E-state index contributed by atoms with van der Waals surface area (Å²) in [6, 6.07) is 1.86. The Morgan fingerprint density at radius 2 is 2.05 bits per heavy atom. The summed E-state index contributed by atoms with van der Waals surface area (Å²) in [5, 5.41) is 10.1. The van der Waals surface area contributed by atoms with Crippen molar-refractivity contribution in [3.8, 4) is 0 Å². The number of halogens is 2. The van der Waals surface area contributed by atoms with Crippen molar-refractivity contribution < 1.29 is 13.3 Å². The fraction of sp³-hybridized carbons (Fsp3) is 0.400. The lowest BCUT2D eigenvalue weighted by molar-refractivity contribution is -0.384. The normalized spacial score (nSPS) is 13.2. The summed E-state index contributed by atoms with van der Waals surface area (Å²) >= 11 is 11.4. The Morgan fingerprint density at radius 3 is 2.55 bits per heavy atom. The summed E-state index contributed by atoms with van der Waals surface area (Å²) in [5.41, 5.74) is 4.97. The zero-order valence-corrected chi connectivity index (χ0v) is 12.8. The molecule has 0 aromatic heterocycles. The van der Waals surface area contributed by atoms with Crippen molar-refractivity contribution in [3.05, 3.63) is 32.3 Å². The minimum atomic E-state index is -3.99. The molecule has 0 aliphatic carbocycles.